The van der Waals surface area contributed by atoms with Crippen LogP contribution in [0.4, 0.5) is 5.69 Å². The van der Waals surface area contributed by atoms with Crippen molar-refractivity contribution in [1.29, 1.82) is 0 Å². The van der Waals surface area contributed by atoms with Crippen LogP contribution in [0, 0.1) is 6.92 Å². The van der Waals surface area contributed by atoms with Gasteiger partial charge in [-0.1, -0.05) is 32.0 Å². The third-order valence-corrected chi connectivity index (χ3v) is 4.32. The van der Waals surface area contributed by atoms with Crippen LogP contribution in [0.2, 0.25) is 0 Å². The molecule has 0 radical (unpaired) electrons. The van der Waals surface area contributed by atoms with Gasteiger partial charge in [-0.3, -0.25) is 9.10 Å². The molecule has 21 heavy (non-hydrogen) atoms. The van der Waals surface area contributed by atoms with Crippen LogP contribution >= 0.6 is 0 Å². The number of carbonyl (C=O) groups excluding carboxylic acids is 1. The Labute approximate surface area is 127 Å². The van der Waals surface area contributed by atoms with E-state index in [1.165, 1.54) is 4.31 Å². The molecule has 1 N–H and O–H groups in total. The van der Waals surface area contributed by atoms with E-state index in [4.69, 9.17) is 0 Å². The maximum atomic E-state index is 12.1. The quantitative estimate of drug-likeness (QED) is 0.835. The molecule has 0 fully saturated rings. The molecule has 0 bridgehead atoms. The number of benzene rings is 1. The SMILES string of the molecule is CCCNC(=O)CN(c1c(C)cccc1CC)S(C)(=O)=O. The van der Waals surface area contributed by atoms with Crippen molar-refractivity contribution in [3.8, 4) is 0 Å². The fourth-order valence-electron chi connectivity index (χ4n) is 2.17. The van der Waals surface area contributed by atoms with Crippen molar-refractivity contribution in [3.05, 3.63) is 29.3 Å². The topological polar surface area (TPSA) is 66.5 Å². The normalized spacial score (nSPS) is 11.2. The lowest BCUT2D eigenvalue weighted by Gasteiger charge is -2.26. The fraction of sp³-hybridized carbons (Fsp3) is 0.533. The van der Waals surface area contributed by atoms with Gasteiger partial charge >= 0.3 is 0 Å². The highest BCUT2D eigenvalue weighted by Crippen LogP contribution is 2.27. The van der Waals surface area contributed by atoms with Gasteiger partial charge < -0.3 is 5.32 Å². The van der Waals surface area contributed by atoms with E-state index >= 15 is 0 Å². The maximum absolute atomic E-state index is 12.1. The molecule has 0 saturated heterocycles. The fourth-order valence-corrected chi connectivity index (χ4v) is 3.12. The van der Waals surface area contributed by atoms with E-state index in [-0.39, 0.29) is 12.5 Å². The molecule has 6 heteroatoms. The van der Waals surface area contributed by atoms with Gasteiger partial charge in [0.2, 0.25) is 15.9 Å². The second-order valence-corrected chi connectivity index (χ2v) is 6.96. The van der Waals surface area contributed by atoms with Crippen molar-refractivity contribution >= 4 is 21.6 Å². The monoisotopic (exact) mass is 312 g/mol. The summed E-state index contributed by atoms with van der Waals surface area (Å²) in [5, 5.41) is 2.72. The Kier molecular flexibility index (Phi) is 6.20. The average Bonchev–Trinajstić information content (AvgIpc) is 2.41. The van der Waals surface area contributed by atoms with E-state index in [9.17, 15) is 13.2 Å². The van der Waals surface area contributed by atoms with Crippen LogP contribution in [0.3, 0.4) is 0 Å². The summed E-state index contributed by atoms with van der Waals surface area (Å²) in [6.45, 7) is 6.14. The summed E-state index contributed by atoms with van der Waals surface area (Å²) in [5.74, 6) is -0.285. The minimum Gasteiger partial charge on any atom is -0.355 e. The summed E-state index contributed by atoms with van der Waals surface area (Å²) < 4.78 is 25.4. The van der Waals surface area contributed by atoms with E-state index in [1.54, 1.807) is 0 Å². The van der Waals surface area contributed by atoms with E-state index in [2.05, 4.69) is 5.32 Å². The smallest absolute Gasteiger partial charge is 0.240 e. The molecule has 1 rings (SSSR count). The number of para-hydroxylation sites is 1. The second-order valence-electron chi connectivity index (χ2n) is 5.06. The lowest BCUT2D eigenvalue weighted by Crippen LogP contribution is -2.41. The zero-order chi connectivity index (χ0) is 16.0. The predicted molar refractivity (Wildman–Crippen MR) is 86.0 cm³/mol. The third kappa shape index (κ3) is 4.74. The van der Waals surface area contributed by atoms with Crippen molar-refractivity contribution in [2.45, 2.75) is 33.6 Å². The summed E-state index contributed by atoms with van der Waals surface area (Å²) in [6.07, 6.45) is 2.65. The van der Waals surface area contributed by atoms with Gasteiger partial charge in [-0.15, -0.1) is 0 Å². The van der Waals surface area contributed by atoms with Gasteiger partial charge in [0.05, 0.1) is 11.9 Å². The highest BCUT2D eigenvalue weighted by molar-refractivity contribution is 7.92. The lowest BCUT2D eigenvalue weighted by molar-refractivity contribution is -0.119. The average molecular weight is 312 g/mol. The van der Waals surface area contributed by atoms with Gasteiger partial charge in [-0.25, -0.2) is 8.42 Å². The molecule has 0 aliphatic rings. The molecule has 1 aromatic rings. The number of aryl methyl sites for hydroxylation is 2. The maximum Gasteiger partial charge on any atom is 0.240 e. The molecule has 0 aliphatic carbocycles. The molecule has 0 unspecified atom stereocenters. The van der Waals surface area contributed by atoms with E-state index in [1.807, 2.05) is 39.0 Å². The summed E-state index contributed by atoms with van der Waals surface area (Å²) in [6, 6.07) is 5.65. The highest BCUT2D eigenvalue weighted by atomic mass is 32.2. The van der Waals surface area contributed by atoms with Crippen molar-refractivity contribution in [1.82, 2.24) is 5.32 Å². The summed E-state index contributed by atoms with van der Waals surface area (Å²) >= 11 is 0. The molecule has 0 aromatic heterocycles. The Morgan fingerprint density at radius 3 is 2.48 bits per heavy atom. The number of amides is 1. The Bertz CT molecular complexity index is 597. The van der Waals surface area contributed by atoms with E-state index in [0.717, 1.165) is 23.8 Å². The van der Waals surface area contributed by atoms with Gasteiger partial charge in [0.1, 0.15) is 6.54 Å². The summed E-state index contributed by atoms with van der Waals surface area (Å²) in [4.78, 5) is 11.9. The molecule has 1 aromatic carbocycles. The van der Waals surface area contributed by atoms with Crippen LogP contribution in [0.5, 0.6) is 0 Å². The van der Waals surface area contributed by atoms with Crippen LogP contribution in [0.15, 0.2) is 18.2 Å². The standard InChI is InChI=1S/C15H24N2O3S/c1-5-10-16-14(18)11-17(21(4,19)20)15-12(3)8-7-9-13(15)6-2/h7-9H,5-6,10-11H2,1-4H3,(H,16,18). The first kappa shape index (κ1) is 17.5. The Balaban J connectivity index is 3.19. The molecule has 0 aliphatic heterocycles. The Morgan fingerprint density at radius 2 is 1.95 bits per heavy atom. The number of carbonyl (C=O) groups is 1. The predicted octanol–water partition coefficient (Wildman–Crippen LogP) is 1.85. The molecule has 0 heterocycles. The summed E-state index contributed by atoms with van der Waals surface area (Å²) in [7, 11) is -3.52. The first-order valence-corrected chi connectivity index (χ1v) is 8.99. The summed E-state index contributed by atoms with van der Waals surface area (Å²) in [5.41, 5.74) is 2.39. The van der Waals surface area contributed by atoms with Gasteiger partial charge in [-0.2, -0.15) is 0 Å². The van der Waals surface area contributed by atoms with Gasteiger partial charge in [0, 0.05) is 6.54 Å². The first-order valence-electron chi connectivity index (χ1n) is 7.14. The van der Waals surface area contributed by atoms with Crippen LogP contribution in [0.1, 0.15) is 31.4 Å². The minimum atomic E-state index is -3.52. The molecular weight excluding hydrogens is 288 g/mol. The number of nitrogens with zero attached hydrogens (tertiary/aromatic N) is 1. The van der Waals surface area contributed by atoms with Crippen molar-refractivity contribution in [2.24, 2.45) is 0 Å². The van der Waals surface area contributed by atoms with Crippen molar-refractivity contribution in [3.63, 3.8) is 0 Å². The molecule has 0 atom stereocenters. The van der Waals surface area contributed by atoms with Gasteiger partial charge in [-0.05, 0) is 30.9 Å². The molecule has 0 saturated carbocycles. The molecule has 0 spiro atoms. The Morgan fingerprint density at radius 1 is 1.29 bits per heavy atom. The minimum absolute atomic E-state index is 0.184. The zero-order valence-corrected chi connectivity index (χ0v) is 14.0. The van der Waals surface area contributed by atoms with Crippen LogP contribution in [-0.2, 0) is 21.2 Å². The van der Waals surface area contributed by atoms with Crippen LogP contribution in [0.25, 0.3) is 0 Å². The first-order chi connectivity index (χ1) is 9.81. The zero-order valence-electron chi connectivity index (χ0n) is 13.1. The largest absolute Gasteiger partial charge is 0.355 e. The van der Waals surface area contributed by atoms with Crippen LogP contribution in [-0.4, -0.2) is 33.7 Å². The number of nitrogens with one attached hydrogen (secondary N) is 1. The molecule has 5 nitrogen and oxygen atoms in total. The third-order valence-electron chi connectivity index (χ3n) is 3.21. The van der Waals surface area contributed by atoms with E-state index in [0.29, 0.717) is 18.7 Å². The lowest BCUT2D eigenvalue weighted by atomic mass is 10.1. The van der Waals surface area contributed by atoms with Gasteiger partial charge in [0.15, 0.2) is 0 Å². The Hall–Kier alpha value is -1.56. The number of rotatable bonds is 7. The molecule has 118 valence electrons. The second kappa shape index (κ2) is 7.45. The van der Waals surface area contributed by atoms with Gasteiger partial charge in [0.25, 0.3) is 0 Å². The van der Waals surface area contributed by atoms with Crippen molar-refractivity contribution in [2.75, 3.05) is 23.7 Å². The highest BCUT2D eigenvalue weighted by Gasteiger charge is 2.24. The number of hydrogen-bond donors (Lipinski definition) is 1. The number of hydrogen-bond acceptors (Lipinski definition) is 3. The van der Waals surface area contributed by atoms with Crippen molar-refractivity contribution < 1.29 is 13.2 Å². The van der Waals surface area contributed by atoms with E-state index < -0.39 is 10.0 Å². The molecular formula is C15H24N2O3S. The number of sulfonamides is 1. The van der Waals surface area contributed by atoms with Crippen LogP contribution < -0.4 is 9.62 Å². The number of anilines is 1. The molecule has 1 amide bonds.